The Bertz CT molecular complexity index is 1120. The van der Waals surface area contributed by atoms with E-state index in [4.69, 9.17) is 27.9 Å². The van der Waals surface area contributed by atoms with Crippen molar-refractivity contribution in [2.45, 2.75) is 6.54 Å². The van der Waals surface area contributed by atoms with E-state index in [1.54, 1.807) is 22.8 Å². The summed E-state index contributed by atoms with van der Waals surface area (Å²) in [5.74, 6) is 4.36. The Balaban J connectivity index is 2.15. The molecule has 3 aromatic rings. The van der Waals surface area contributed by atoms with Crippen LogP contribution in [0.5, 0.6) is 0 Å². The number of ether oxygens (including phenoxy) is 1. The lowest BCUT2D eigenvalue weighted by Crippen LogP contribution is -2.09. The molecular weight excluding hydrogens is 472 g/mol. The maximum atomic E-state index is 15.3. The summed E-state index contributed by atoms with van der Waals surface area (Å²) in [6, 6.07) is 6.57. The van der Waals surface area contributed by atoms with Gasteiger partial charge in [-0.3, -0.25) is 0 Å². The number of imidazole rings is 1. The van der Waals surface area contributed by atoms with E-state index in [1.165, 1.54) is 19.5 Å². The fourth-order valence-corrected chi connectivity index (χ4v) is 3.41. The molecule has 0 fully saturated rings. The number of halogens is 4. The molecule has 2 aromatic carbocycles. The van der Waals surface area contributed by atoms with Crippen molar-refractivity contribution in [2.24, 2.45) is 0 Å². The van der Waals surface area contributed by atoms with E-state index in [0.29, 0.717) is 16.2 Å². The first kappa shape index (κ1) is 20.5. The molecule has 0 unspecified atom stereocenters. The third-order valence-electron chi connectivity index (χ3n) is 3.89. The van der Waals surface area contributed by atoms with Gasteiger partial charge in [-0.2, -0.15) is 0 Å². The molecule has 0 saturated heterocycles. The molecule has 0 amide bonds. The van der Waals surface area contributed by atoms with Crippen molar-refractivity contribution >= 4 is 67.5 Å². The third kappa shape index (κ3) is 4.09. The molecule has 0 atom stereocenters. The van der Waals surface area contributed by atoms with Gasteiger partial charge in [0.25, 0.3) is 0 Å². The number of methoxy groups -OCH3 is 1. The molecule has 1 aromatic heterocycles. The molecule has 5 nitrogen and oxygen atoms in total. The van der Waals surface area contributed by atoms with Crippen molar-refractivity contribution in [1.82, 2.24) is 9.55 Å². The molecule has 0 bridgehead atoms. The van der Waals surface area contributed by atoms with E-state index in [1.807, 2.05) is 0 Å². The average molecular weight is 485 g/mol. The van der Waals surface area contributed by atoms with Crippen LogP contribution in [0.2, 0.25) is 5.02 Å². The number of carbonyl (C=O) groups is 1. The van der Waals surface area contributed by atoms with Gasteiger partial charge in [0.15, 0.2) is 5.82 Å². The molecule has 0 aliphatic carbocycles. The summed E-state index contributed by atoms with van der Waals surface area (Å²) in [5.41, 5.74) is 0.880. The zero-order valence-electron chi connectivity index (χ0n) is 14.5. The number of benzene rings is 2. The number of hydrogen-bond donors (Lipinski definition) is 1. The summed E-state index contributed by atoms with van der Waals surface area (Å²) in [6.45, 7) is 0.259. The fraction of sp³-hybridized carbons (Fsp3) is 0.158. The third-order valence-corrected chi connectivity index (χ3v) is 4.83. The second-order valence-corrected chi connectivity index (χ2v) is 7.17. The Morgan fingerprint density at radius 1 is 1.39 bits per heavy atom. The SMILES string of the molecule is COC(=O)c1cc2c(ncn2CC#CCCl)c(F)c1Nc1ccc(Br)cc1Cl. The first-order chi connectivity index (χ1) is 13.5. The van der Waals surface area contributed by atoms with Gasteiger partial charge in [0, 0.05) is 4.47 Å². The monoisotopic (exact) mass is 483 g/mol. The largest absolute Gasteiger partial charge is 0.465 e. The minimum absolute atomic E-state index is 0.0125. The normalized spacial score (nSPS) is 10.5. The molecule has 1 N–H and O–H groups in total. The van der Waals surface area contributed by atoms with E-state index in [2.05, 4.69) is 38.1 Å². The lowest BCUT2D eigenvalue weighted by atomic mass is 10.1. The summed E-state index contributed by atoms with van der Waals surface area (Å²) < 4.78 is 22.5. The Labute approximate surface area is 178 Å². The highest BCUT2D eigenvalue weighted by Crippen LogP contribution is 2.34. The average Bonchev–Trinajstić information content (AvgIpc) is 3.08. The van der Waals surface area contributed by atoms with E-state index in [0.717, 1.165) is 4.47 Å². The number of anilines is 2. The van der Waals surface area contributed by atoms with Gasteiger partial charge in [0.2, 0.25) is 0 Å². The zero-order chi connectivity index (χ0) is 20.3. The van der Waals surface area contributed by atoms with Crippen LogP contribution in [0.15, 0.2) is 35.1 Å². The van der Waals surface area contributed by atoms with Crippen LogP contribution in [0.25, 0.3) is 11.0 Å². The van der Waals surface area contributed by atoms with Gasteiger partial charge in [-0.15, -0.1) is 11.6 Å². The van der Waals surface area contributed by atoms with E-state index in [9.17, 15) is 4.79 Å². The van der Waals surface area contributed by atoms with Crippen LogP contribution in [0.3, 0.4) is 0 Å². The molecule has 0 spiro atoms. The van der Waals surface area contributed by atoms with Crippen LogP contribution in [-0.2, 0) is 11.3 Å². The summed E-state index contributed by atoms with van der Waals surface area (Å²) in [4.78, 5) is 16.4. The number of nitrogens with zero attached hydrogens (tertiary/aromatic N) is 2. The number of aromatic nitrogens is 2. The Morgan fingerprint density at radius 2 is 2.18 bits per heavy atom. The van der Waals surface area contributed by atoms with Gasteiger partial charge in [-0.1, -0.05) is 39.4 Å². The number of fused-ring (bicyclic) bond motifs is 1. The van der Waals surface area contributed by atoms with Crippen LogP contribution < -0.4 is 5.32 Å². The molecule has 144 valence electrons. The van der Waals surface area contributed by atoms with Crippen molar-refractivity contribution in [3.05, 3.63) is 51.5 Å². The van der Waals surface area contributed by atoms with Crippen molar-refractivity contribution in [2.75, 3.05) is 18.3 Å². The number of hydrogen-bond acceptors (Lipinski definition) is 4. The molecule has 28 heavy (non-hydrogen) atoms. The van der Waals surface area contributed by atoms with Gasteiger partial charge in [-0.05, 0) is 24.3 Å². The lowest BCUT2D eigenvalue weighted by Gasteiger charge is -2.14. The summed E-state index contributed by atoms with van der Waals surface area (Å²) in [5, 5.41) is 3.24. The second-order valence-electron chi connectivity index (χ2n) is 5.58. The highest BCUT2D eigenvalue weighted by molar-refractivity contribution is 9.10. The van der Waals surface area contributed by atoms with Gasteiger partial charge in [-0.25, -0.2) is 14.2 Å². The minimum atomic E-state index is -0.698. The lowest BCUT2D eigenvalue weighted by molar-refractivity contribution is 0.0601. The topological polar surface area (TPSA) is 56.1 Å². The van der Waals surface area contributed by atoms with Gasteiger partial charge >= 0.3 is 5.97 Å². The first-order valence-electron chi connectivity index (χ1n) is 7.95. The van der Waals surface area contributed by atoms with Gasteiger partial charge in [0.1, 0.15) is 5.52 Å². The Hall–Kier alpha value is -2.27. The van der Waals surface area contributed by atoms with Crippen LogP contribution in [-0.4, -0.2) is 28.5 Å². The van der Waals surface area contributed by atoms with Crippen molar-refractivity contribution in [3.8, 4) is 11.8 Å². The summed E-state index contributed by atoms with van der Waals surface area (Å²) in [6.07, 6.45) is 1.45. The van der Waals surface area contributed by atoms with Crippen molar-refractivity contribution < 1.29 is 13.9 Å². The summed E-state index contributed by atoms with van der Waals surface area (Å²) in [7, 11) is 1.23. The number of rotatable bonds is 4. The minimum Gasteiger partial charge on any atom is -0.465 e. The van der Waals surface area contributed by atoms with Crippen LogP contribution in [0.1, 0.15) is 10.4 Å². The standard InChI is InChI=1S/C19H13BrCl2FN3O2/c1-28-19(27)12-9-15-18(24-10-26(15)7-3-2-6-21)16(23)17(12)25-14-5-4-11(20)8-13(14)22/h4-5,8-10,25H,6-7H2,1H3. The van der Waals surface area contributed by atoms with Crippen molar-refractivity contribution in [3.63, 3.8) is 0 Å². The molecule has 0 saturated carbocycles. The smallest absolute Gasteiger partial charge is 0.340 e. The van der Waals surface area contributed by atoms with Gasteiger partial charge < -0.3 is 14.6 Å². The molecule has 0 aliphatic rings. The maximum Gasteiger partial charge on any atom is 0.340 e. The molecule has 9 heteroatoms. The first-order valence-corrected chi connectivity index (χ1v) is 9.66. The predicted octanol–water partition coefficient (Wildman–Crippen LogP) is 5.36. The number of alkyl halides is 1. The maximum absolute atomic E-state index is 15.3. The zero-order valence-corrected chi connectivity index (χ0v) is 17.6. The number of nitrogens with one attached hydrogen (secondary N) is 1. The van der Waals surface area contributed by atoms with Crippen LogP contribution >= 0.6 is 39.1 Å². The summed E-state index contributed by atoms with van der Waals surface area (Å²) >= 11 is 15.1. The molecule has 3 rings (SSSR count). The molecule has 1 heterocycles. The highest BCUT2D eigenvalue weighted by atomic mass is 79.9. The highest BCUT2D eigenvalue weighted by Gasteiger charge is 2.22. The quantitative estimate of drug-likeness (QED) is 0.307. The van der Waals surface area contributed by atoms with E-state index in [-0.39, 0.29) is 29.2 Å². The molecule has 0 radical (unpaired) electrons. The van der Waals surface area contributed by atoms with Crippen LogP contribution in [0.4, 0.5) is 15.8 Å². The Kier molecular flexibility index (Phi) is 6.45. The predicted molar refractivity (Wildman–Crippen MR) is 112 cm³/mol. The number of esters is 1. The second kappa shape index (κ2) is 8.82. The van der Waals surface area contributed by atoms with E-state index >= 15 is 4.39 Å². The fourth-order valence-electron chi connectivity index (χ4n) is 2.59. The number of carbonyl (C=O) groups excluding carboxylic acids is 1. The molecular formula is C19H13BrCl2FN3O2. The van der Waals surface area contributed by atoms with Crippen LogP contribution in [0, 0.1) is 17.7 Å². The van der Waals surface area contributed by atoms with Crippen molar-refractivity contribution in [1.29, 1.82) is 0 Å². The Morgan fingerprint density at radius 3 is 2.86 bits per heavy atom. The van der Waals surface area contributed by atoms with E-state index < -0.39 is 11.8 Å². The molecule has 0 aliphatic heterocycles. The van der Waals surface area contributed by atoms with Gasteiger partial charge in [0.05, 0.1) is 53.3 Å².